The van der Waals surface area contributed by atoms with Crippen LogP contribution in [0.15, 0.2) is 23.0 Å². The number of nitriles is 1. The Kier molecular flexibility index (Phi) is 6.59. The van der Waals surface area contributed by atoms with Gasteiger partial charge in [0.25, 0.3) is 0 Å². The molecule has 38 heavy (non-hydrogen) atoms. The average molecular weight is 520 g/mol. The molecule has 4 heterocycles. The predicted octanol–water partition coefficient (Wildman–Crippen LogP) is 3.43. The second-order valence-electron chi connectivity index (χ2n) is 11.1. The summed E-state index contributed by atoms with van der Waals surface area (Å²) in [5.74, 6) is 2.81. The fourth-order valence-corrected chi connectivity index (χ4v) is 5.74. The molecule has 0 N–H and O–H groups in total. The molecule has 3 atom stereocenters. The second-order valence-corrected chi connectivity index (χ2v) is 11.1. The summed E-state index contributed by atoms with van der Waals surface area (Å²) < 4.78 is 15.6. The minimum atomic E-state index is -0.356. The number of benzene rings is 1. The lowest BCUT2D eigenvalue weighted by molar-refractivity contribution is 0.0209. The number of rotatable bonds is 5. The van der Waals surface area contributed by atoms with Crippen LogP contribution in [0.2, 0.25) is 0 Å². The van der Waals surface area contributed by atoms with Crippen molar-refractivity contribution < 1.29 is 9.47 Å². The number of hydrogen-bond donors (Lipinski definition) is 0. The lowest BCUT2D eigenvalue weighted by Gasteiger charge is -2.47. The number of ether oxygens (including phenoxy) is 2. The summed E-state index contributed by atoms with van der Waals surface area (Å²) in [4.78, 5) is 27.0. The van der Waals surface area contributed by atoms with Gasteiger partial charge in [-0.05, 0) is 59.2 Å². The molecule has 202 valence electrons. The van der Waals surface area contributed by atoms with Gasteiger partial charge in [0.1, 0.15) is 29.2 Å². The van der Waals surface area contributed by atoms with Crippen molar-refractivity contribution in [2.75, 3.05) is 24.6 Å². The molecule has 10 heteroatoms. The zero-order valence-corrected chi connectivity index (χ0v) is 23.4. The number of nitrogens with zero attached hydrogens (tertiary/aromatic N) is 7. The Morgan fingerprint density at radius 2 is 1.95 bits per heavy atom. The van der Waals surface area contributed by atoms with Crippen molar-refractivity contribution in [1.82, 2.24) is 24.0 Å². The highest BCUT2D eigenvalue weighted by atomic mass is 16.6. The van der Waals surface area contributed by atoms with Gasteiger partial charge < -0.3 is 18.9 Å². The number of anilines is 1. The summed E-state index contributed by atoms with van der Waals surface area (Å²) in [6.45, 7) is 15.1. The van der Waals surface area contributed by atoms with E-state index in [0.29, 0.717) is 42.5 Å². The normalized spacial score (nSPS) is 21.9. The molecule has 0 bridgehead atoms. The third-order valence-corrected chi connectivity index (χ3v) is 7.83. The van der Waals surface area contributed by atoms with E-state index in [9.17, 15) is 10.1 Å². The minimum Gasteiger partial charge on any atom is -0.486 e. The van der Waals surface area contributed by atoms with Gasteiger partial charge in [-0.25, -0.2) is 9.78 Å². The first-order valence-corrected chi connectivity index (χ1v) is 13.4. The maximum Gasteiger partial charge on any atom is 0.351 e. The van der Waals surface area contributed by atoms with E-state index in [0.717, 1.165) is 18.0 Å². The molecule has 10 nitrogen and oxygen atoms in total. The molecular formula is C28H37N7O3. The van der Waals surface area contributed by atoms with E-state index in [2.05, 4.69) is 53.8 Å². The van der Waals surface area contributed by atoms with Crippen LogP contribution < -0.4 is 20.1 Å². The van der Waals surface area contributed by atoms with Crippen LogP contribution in [0.5, 0.6) is 11.5 Å². The van der Waals surface area contributed by atoms with Gasteiger partial charge >= 0.3 is 5.69 Å². The Labute approximate surface area is 223 Å². The highest BCUT2D eigenvalue weighted by molar-refractivity contribution is 5.84. The Hall–Kier alpha value is -3.58. The number of aryl methyl sites for hydroxylation is 2. The fourth-order valence-electron chi connectivity index (χ4n) is 5.74. The molecule has 0 aliphatic carbocycles. The van der Waals surface area contributed by atoms with Crippen LogP contribution in [0, 0.1) is 11.3 Å². The lowest BCUT2D eigenvalue weighted by atomic mass is 10.00. The van der Waals surface area contributed by atoms with Gasteiger partial charge in [0.2, 0.25) is 0 Å². The summed E-state index contributed by atoms with van der Waals surface area (Å²) in [5.41, 5.74) is 1.91. The number of imidazole rings is 1. The first-order valence-electron chi connectivity index (χ1n) is 13.4. The van der Waals surface area contributed by atoms with Crippen LogP contribution in [0.25, 0.3) is 11.2 Å². The zero-order chi connectivity index (χ0) is 27.4. The summed E-state index contributed by atoms with van der Waals surface area (Å²) >= 11 is 0. The molecule has 0 saturated carbocycles. The van der Waals surface area contributed by atoms with Crippen molar-refractivity contribution >= 4 is 17.0 Å². The largest absolute Gasteiger partial charge is 0.486 e. The summed E-state index contributed by atoms with van der Waals surface area (Å²) in [7, 11) is 1.86. The lowest BCUT2D eigenvalue weighted by Crippen LogP contribution is -2.57. The Morgan fingerprint density at radius 3 is 2.66 bits per heavy atom. The Bertz CT molecular complexity index is 1470. The molecule has 5 rings (SSSR count). The van der Waals surface area contributed by atoms with E-state index in [4.69, 9.17) is 14.5 Å². The van der Waals surface area contributed by atoms with Crippen molar-refractivity contribution in [2.24, 2.45) is 7.05 Å². The maximum absolute atomic E-state index is 13.0. The number of hydrogen-bond acceptors (Lipinski definition) is 8. The van der Waals surface area contributed by atoms with E-state index in [1.807, 2.05) is 38.5 Å². The monoisotopic (exact) mass is 519 g/mol. The van der Waals surface area contributed by atoms with Gasteiger partial charge in [0.05, 0.1) is 12.5 Å². The predicted molar refractivity (Wildman–Crippen MR) is 146 cm³/mol. The Balaban J connectivity index is 1.45. The molecular weight excluding hydrogens is 482 g/mol. The molecule has 1 unspecified atom stereocenters. The van der Waals surface area contributed by atoms with Crippen molar-refractivity contribution in [3.8, 4) is 17.6 Å². The highest BCUT2D eigenvalue weighted by Crippen LogP contribution is 2.39. The zero-order valence-electron chi connectivity index (χ0n) is 23.4. The van der Waals surface area contributed by atoms with E-state index in [-0.39, 0.29) is 35.8 Å². The number of fused-ring (bicyclic) bond motifs is 2. The first kappa shape index (κ1) is 26.0. The maximum atomic E-state index is 13.0. The molecule has 1 fully saturated rings. The van der Waals surface area contributed by atoms with Gasteiger partial charge in [-0.3, -0.25) is 9.47 Å². The smallest absolute Gasteiger partial charge is 0.351 e. The van der Waals surface area contributed by atoms with Crippen molar-refractivity contribution in [2.45, 2.75) is 78.2 Å². The van der Waals surface area contributed by atoms with E-state index < -0.39 is 0 Å². The van der Waals surface area contributed by atoms with E-state index >= 15 is 0 Å². The Morgan fingerprint density at radius 1 is 1.18 bits per heavy atom. The first-order chi connectivity index (χ1) is 18.0. The second kappa shape index (κ2) is 9.62. The van der Waals surface area contributed by atoms with Crippen LogP contribution in [-0.4, -0.2) is 61.4 Å². The van der Waals surface area contributed by atoms with Gasteiger partial charge in [0.15, 0.2) is 17.3 Å². The third-order valence-electron chi connectivity index (χ3n) is 7.83. The quantitative estimate of drug-likeness (QED) is 0.505. The molecule has 1 aromatic carbocycles. The average Bonchev–Trinajstić information content (AvgIpc) is 3.19. The van der Waals surface area contributed by atoms with Gasteiger partial charge in [-0.2, -0.15) is 10.2 Å². The fraction of sp³-hybridized carbons (Fsp3) is 0.571. The van der Waals surface area contributed by atoms with Crippen molar-refractivity contribution in [3.63, 3.8) is 0 Å². The molecule has 0 spiro atoms. The van der Waals surface area contributed by atoms with Crippen LogP contribution >= 0.6 is 0 Å². The number of piperazine rings is 1. The molecule has 2 aliphatic heterocycles. The molecule has 0 amide bonds. The van der Waals surface area contributed by atoms with Crippen molar-refractivity contribution in [3.05, 3.63) is 40.1 Å². The molecule has 0 radical (unpaired) electrons. The minimum absolute atomic E-state index is 0.0961. The van der Waals surface area contributed by atoms with Gasteiger partial charge in [-0.15, -0.1) is 0 Å². The standard InChI is InChI=1S/C28H37N7O3/c1-8-33-26-24(30-23(11-12-29)32(26)7)25(31-27(33)36)35-15-17(2)34(14-18(35)3)19(4)20-9-10-21-22(13-20)38-28(5,6)16-37-21/h9-10,13,17-19H,8,11,14-16H2,1-7H3/t17-,18+,19?/m1/s1. The summed E-state index contributed by atoms with van der Waals surface area (Å²) in [6.07, 6.45) is 0.173. The van der Waals surface area contributed by atoms with Crippen molar-refractivity contribution in [1.29, 1.82) is 5.26 Å². The molecule has 3 aromatic rings. The third kappa shape index (κ3) is 4.39. The van der Waals surface area contributed by atoms with Crippen LogP contribution in [0.4, 0.5) is 5.82 Å². The van der Waals surface area contributed by atoms with E-state index in [1.165, 1.54) is 5.56 Å². The van der Waals surface area contributed by atoms with E-state index in [1.54, 1.807) is 4.57 Å². The molecule has 1 saturated heterocycles. The van der Waals surface area contributed by atoms with Gasteiger partial charge in [0, 0.05) is 44.8 Å². The SMILES string of the molecule is CCn1c(=O)nc(N2C[C@@H](C)N(C(C)c3ccc4c(c3)OC(C)(C)CO4)C[C@@H]2C)c2nc(CC#N)n(C)c21. The highest BCUT2D eigenvalue weighted by Gasteiger charge is 2.36. The summed E-state index contributed by atoms with van der Waals surface area (Å²) in [6, 6.07) is 8.86. The van der Waals surface area contributed by atoms with Crippen LogP contribution in [0.1, 0.15) is 59.0 Å². The molecule has 2 aromatic heterocycles. The van der Waals surface area contributed by atoms with Gasteiger partial charge in [-0.1, -0.05) is 6.07 Å². The van der Waals surface area contributed by atoms with Crippen LogP contribution in [-0.2, 0) is 20.0 Å². The number of aromatic nitrogens is 4. The van der Waals surface area contributed by atoms with Crippen LogP contribution in [0.3, 0.4) is 0 Å². The topological polar surface area (TPSA) is 101 Å². The molecule has 2 aliphatic rings. The summed E-state index contributed by atoms with van der Waals surface area (Å²) in [5, 5.41) is 9.29.